The van der Waals surface area contributed by atoms with E-state index in [0.717, 1.165) is 0 Å². The van der Waals surface area contributed by atoms with E-state index in [2.05, 4.69) is 26.2 Å². The maximum atomic E-state index is 11.8. The number of nitrogens with one attached hydrogen (secondary N) is 1. The topological polar surface area (TPSA) is 73.2 Å². The fraction of sp³-hybridized carbons (Fsp3) is 0.444. The zero-order valence-corrected chi connectivity index (χ0v) is 10.2. The number of carbonyl (C=O) groups excluding carboxylic acids is 1. The molecule has 0 spiro atoms. The first-order valence-electron chi connectivity index (χ1n) is 4.74. The second kappa shape index (κ2) is 4.25. The molecule has 86 valence electrons. The molecular formula is C9H10BrN3O3. The molecule has 0 radical (unpaired) electrons. The van der Waals surface area contributed by atoms with Crippen LogP contribution in [0.25, 0.3) is 0 Å². The molecule has 1 aromatic heterocycles. The number of rotatable bonds is 2. The zero-order valence-electron chi connectivity index (χ0n) is 8.57. The number of alkyl carbamates (subject to hydrolysis) is 1. The molecule has 1 N–H and O–H groups in total. The minimum Gasteiger partial charge on any atom is -0.442 e. The SMILES string of the molecule is Cc1ncn(CC2CNC(=O)O2)c(=O)c1Br. The number of nitrogens with zero attached hydrogens (tertiary/aromatic N) is 2. The van der Waals surface area contributed by atoms with E-state index in [1.807, 2.05) is 0 Å². The summed E-state index contributed by atoms with van der Waals surface area (Å²) in [6, 6.07) is 0. The first-order chi connectivity index (χ1) is 7.58. The van der Waals surface area contributed by atoms with Crippen LogP contribution in [0.5, 0.6) is 0 Å². The van der Waals surface area contributed by atoms with Crippen molar-refractivity contribution in [2.24, 2.45) is 0 Å². The van der Waals surface area contributed by atoms with Crippen molar-refractivity contribution in [3.05, 3.63) is 26.8 Å². The lowest BCUT2D eigenvalue weighted by Gasteiger charge is -2.10. The zero-order chi connectivity index (χ0) is 11.7. The Hall–Kier alpha value is -1.37. The van der Waals surface area contributed by atoms with Gasteiger partial charge in [0, 0.05) is 0 Å². The van der Waals surface area contributed by atoms with Gasteiger partial charge in [-0.15, -0.1) is 0 Å². The van der Waals surface area contributed by atoms with Gasteiger partial charge in [-0.25, -0.2) is 9.78 Å². The molecule has 1 aliphatic rings. The Morgan fingerprint density at radius 3 is 3.06 bits per heavy atom. The van der Waals surface area contributed by atoms with Gasteiger partial charge >= 0.3 is 6.09 Å². The van der Waals surface area contributed by atoms with Crippen LogP contribution in [0.4, 0.5) is 4.79 Å². The number of carbonyl (C=O) groups is 1. The summed E-state index contributed by atoms with van der Waals surface area (Å²) in [6.45, 7) is 2.47. The number of hydrogen-bond donors (Lipinski definition) is 1. The molecule has 0 bridgehead atoms. The van der Waals surface area contributed by atoms with E-state index < -0.39 is 6.09 Å². The highest BCUT2D eigenvalue weighted by atomic mass is 79.9. The summed E-state index contributed by atoms with van der Waals surface area (Å²) in [5, 5.41) is 2.53. The average molecular weight is 288 g/mol. The van der Waals surface area contributed by atoms with Gasteiger partial charge < -0.3 is 10.1 Å². The molecule has 2 heterocycles. The van der Waals surface area contributed by atoms with E-state index in [0.29, 0.717) is 23.3 Å². The molecule has 1 aromatic rings. The van der Waals surface area contributed by atoms with Gasteiger partial charge in [0.2, 0.25) is 0 Å². The molecule has 1 fully saturated rings. The number of ether oxygens (including phenoxy) is 1. The Morgan fingerprint density at radius 1 is 1.69 bits per heavy atom. The smallest absolute Gasteiger partial charge is 0.407 e. The average Bonchev–Trinajstić information content (AvgIpc) is 2.65. The number of aromatic nitrogens is 2. The number of halogens is 1. The van der Waals surface area contributed by atoms with Gasteiger partial charge in [0.1, 0.15) is 10.6 Å². The molecule has 0 saturated carbocycles. The van der Waals surface area contributed by atoms with Gasteiger partial charge in [-0.3, -0.25) is 9.36 Å². The number of cyclic esters (lactones) is 1. The summed E-state index contributed by atoms with van der Waals surface area (Å²) in [5.74, 6) is 0. The second-order valence-electron chi connectivity index (χ2n) is 3.51. The van der Waals surface area contributed by atoms with Crippen molar-refractivity contribution in [1.82, 2.24) is 14.9 Å². The van der Waals surface area contributed by atoms with E-state index in [9.17, 15) is 9.59 Å². The van der Waals surface area contributed by atoms with Crippen molar-refractivity contribution >= 4 is 22.0 Å². The summed E-state index contributed by atoms with van der Waals surface area (Å²) >= 11 is 3.17. The highest BCUT2D eigenvalue weighted by molar-refractivity contribution is 9.10. The largest absolute Gasteiger partial charge is 0.442 e. The van der Waals surface area contributed by atoms with Crippen LogP contribution in [0.1, 0.15) is 5.69 Å². The molecule has 1 unspecified atom stereocenters. The Kier molecular flexibility index (Phi) is 2.95. The molecular weight excluding hydrogens is 278 g/mol. The molecule has 0 aromatic carbocycles. The van der Waals surface area contributed by atoms with Gasteiger partial charge in [0.25, 0.3) is 5.56 Å². The molecule has 1 atom stereocenters. The van der Waals surface area contributed by atoms with Crippen molar-refractivity contribution in [2.45, 2.75) is 19.6 Å². The summed E-state index contributed by atoms with van der Waals surface area (Å²) < 4.78 is 6.79. The molecule has 1 saturated heterocycles. The fourth-order valence-corrected chi connectivity index (χ4v) is 1.76. The fourth-order valence-electron chi connectivity index (χ4n) is 1.43. The van der Waals surface area contributed by atoms with E-state index in [4.69, 9.17) is 4.74 Å². The predicted molar refractivity (Wildman–Crippen MR) is 59.2 cm³/mol. The van der Waals surface area contributed by atoms with Crippen LogP contribution in [-0.2, 0) is 11.3 Å². The minimum absolute atomic E-state index is 0.171. The van der Waals surface area contributed by atoms with Crippen LogP contribution in [0.3, 0.4) is 0 Å². The van der Waals surface area contributed by atoms with E-state index in [1.165, 1.54) is 10.9 Å². The molecule has 1 aliphatic heterocycles. The van der Waals surface area contributed by atoms with Crippen molar-refractivity contribution in [3.8, 4) is 0 Å². The molecule has 6 nitrogen and oxygen atoms in total. The monoisotopic (exact) mass is 287 g/mol. The van der Waals surface area contributed by atoms with Crippen molar-refractivity contribution in [3.63, 3.8) is 0 Å². The number of amides is 1. The van der Waals surface area contributed by atoms with Crippen LogP contribution in [-0.4, -0.2) is 28.3 Å². The lowest BCUT2D eigenvalue weighted by atomic mass is 10.3. The first kappa shape index (κ1) is 11.1. The van der Waals surface area contributed by atoms with E-state index in [1.54, 1.807) is 6.92 Å². The van der Waals surface area contributed by atoms with E-state index >= 15 is 0 Å². The standard InChI is InChI=1S/C9H10BrN3O3/c1-5-7(10)8(14)13(4-12-5)3-6-2-11-9(15)16-6/h4,6H,2-3H2,1H3,(H,11,15). The summed E-state index contributed by atoms with van der Waals surface area (Å²) in [4.78, 5) is 26.6. The van der Waals surface area contributed by atoms with Crippen LogP contribution >= 0.6 is 15.9 Å². The Morgan fingerprint density at radius 2 is 2.44 bits per heavy atom. The van der Waals surface area contributed by atoms with Crippen LogP contribution in [0.15, 0.2) is 15.6 Å². The predicted octanol–water partition coefficient (Wildman–Crippen LogP) is 0.423. The Bertz CT molecular complexity index is 485. The molecule has 1 amide bonds. The van der Waals surface area contributed by atoms with Gasteiger partial charge in [0.15, 0.2) is 0 Å². The van der Waals surface area contributed by atoms with Gasteiger partial charge in [-0.2, -0.15) is 0 Å². The van der Waals surface area contributed by atoms with Crippen molar-refractivity contribution in [2.75, 3.05) is 6.54 Å². The first-order valence-corrected chi connectivity index (χ1v) is 5.53. The third kappa shape index (κ3) is 2.08. The second-order valence-corrected chi connectivity index (χ2v) is 4.30. The molecule has 0 aliphatic carbocycles. The maximum Gasteiger partial charge on any atom is 0.407 e. The molecule has 7 heteroatoms. The number of aryl methyl sites for hydroxylation is 1. The maximum absolute atomic E-state index is 11.8. The summed E-state index contributed by atoms with van der Waals surface area (Å²) in [5.41, 5.74) is 0.471. The third-order valence-electron chi connectivity index (χ3n) is 2.31. The summed E-state index contributed by atoms with van der Waals surface area (Å²) in [7, 11) is 0. The number of hydrogen-bond acceptors (Lipinski definition) is 4. The Labute approximate surface area is 99.8 Å². The normalized spacial score (nSPS) is 19.4. The quantitative estimate of drug-likeness (QED) is 0.856. The van der Waals surface area contributed by atoms with E-state index in [-0.39, 0.29) is 11.7 Å². The van der Waals surface area contributed by atoms with Crippen LogP contribution in [0.2, 0.25) is 0 Å². The molecule has 16 heavy (non-hydrogen) atoms. The van der Waals surface area contributed by atoms with Gasteiger partial charge in [0.05, 0.1) is 25.1 Å². The van der Waals surface area contributed by atoms with Crippen LogP contribution < -0.4 is 10.9 Å². The highest BCUT2D eigenvalue weighted by Crippen LogP contribution is 2.07. The molecule has 2 rings (SSSR count). The van der Waals surface area contributed by atoms with Crippen molar-refractivity contribution in [1.29, 1.82) is 0 Å². The van der Waals surface area contributed by atoms with Gasteiger partial charge in [-0.1, -0.05) is 0 Å². The minimum atomic E-state index is -0.447. The Balaban J connectivity index is 2.19. The van der Waals surface area contributed by atoms with Crippen LogP contribution in [0, 0.1) is 6.92 Å². The highest BCUT2D eigenvalue weighted by Gasteiger charge is 2.23. The van der Waals surface area contributed by atoms with Gasteiger partial charge in [-0.05, 0) is 22.9 Å². The third-order valence-corrected chi connectivity index (χ3v) is 3.22. The summed E-state index contributed by atoms with van der Waals surface area (Å²) in [6.07, 6.45) is 0.688. The lowest BCUT2D eigenvalue weighted by Crippen LogP contribution is -2.29. The van der Waals surface area contributed by atoms with Crippen molar-refractivity contribution < 1.29 is 9.53 Å². The lowest BCUT2D eigenvalue weighted by molar-refractivity contribution is 0.130.